The molecule has 5 nitrogen and oxygen atoms in total. The average molecular weight is 403 g/mol. The number of carboxylic acids is 1. The van der Waals surface area contributed by atoms with E-state index in [1.54, 1.807) is 54.6 Å². The van der Waals surface area contributed by atoms with E-state index in [0.717, 1.165) is 5.56 Å². The Hall–Kier alpha value is -4.11. The number of nitriles is 1. The number of rotatable bonds is 7. The van der Waals surface area contributed by atoms with E-state index in [0.29, 0.717) is 17.1 Å². The second kappa shape index (κ2) is 9.39. The number of carbonyl (C=O) groups is 1. The molecule has 150 valence electrons. The summed E-state index contributed by atoms with van der Waals surface area (Å²) in [6.45, 7) is 0.226. The maximum absolute atomic E-state index is 14.0. The maximum atomic E-state index is 14.0. The molecule has 0 aliphatic rings. The SMILES string of the molecule is COc1cc(/C=C(/C#N)c2ccccc2F)ccc1OCc1ccc(C(=O)O)cc1. The quantitative estimate of drug-likeness (QED) is 0.435. The fourth-order valence-electron chi connectivity index (χ4n) is 2.81. The molecule has 0 fully saturated rings. The minimum Gasteiger partial charge on any atom is -0.493 e. The van der Waals surface area contributed by atoms with E-state index in [4.69, 9.17) is 14.6 Å². The van der Waals surface area contributed by atoms with Crippen LogP contribution in [0.1, 0.15) is 27.0 Å². The highest BCUT2D eigenvalue weighted by Gasteiger charge is 2.10. The van der Waals surface area contributed by atoms with Crippen LogP contribution >= 0.6 is 0 Å². The number of hydrogen-bond donors (Lipinski definition) is 1. The summed E-state index contributed by atoms with van der Waals surface area (Å²) in [6.07, 6.45) is 1.58. The van der Waals surface area contributed by atoms with Crippen LogP contribution in [-0.4, -0.2) is 18.2 Å². The van der Waals surface area contributed by atoms with E-state index < -0.39 is 11.8 Å². The van der Waals surface area contributed by atoms with Gasteiger partial charge >= 0.3 is 5.97 Å². The fourth-order valence-corrected chi connectivity index (χ4v) is 2.81. The van der Waals surface area contributed by atoms with Crippen LogP contribution in [-0.2, 0) is 6.61 Å². The monoisotopic (exact) mass is 403 g/mol. The van der Waals surface area contributed by atoms with Crippen LogP contribution in [0.3, 0.4) is 0 Å². The Morgan fingerprint density at radius 1 is 1.10 bits per heavy atom. The van der Waals surface area contributed by atoms with Crippen molar-refractivity contribution in [2.24, 2.45) is 0 Å². The molecule has 6 heteroatoms. The van der Waals surface area contributed by atoms with Gasteiger partial charge in [0.1, 0.15) is 12.4 Å². The third-order valence-electron chi connectivity index (χ3n) is 4.38. The largest absolute Gasteiger partial charge is 0.493 e. The van der Waals surface area contributed by atoms with Gasteiger partial charge in [0.2, 0.25) is 0 Å². The van der Waals surface area contributed by atoms with Gasteiger partial charge < -0.3 is 14.6 Å². The summed E-state index contributed by atoms with van der Waals surface area (Å²) < 4.78 is 25.2. The van der Waals surface area contributed by atoms with Gasteiger partial charge in [0.05, 0.1) is 24.3 Å². The van der Waals surface area contributed by atoms with E-state index in [9.17, 15) is 14.4 Å². The van der Waals surface area contributed by atoms with Crippen LogP contribution in [0.4, 0.5) is 4.39 Å². The predicted octanol–water partition coefficient (Wildman–Crippen LogP) is 5.18. The van der Waals surface area contributed by atoms with Gasteiger partial charge in [-0.05, 0) is 47.5 Å². The average Bonchev–Trinajstić information content (AvgIpc) is 2.77. The van der Waals surface area contributed by atoms with Crippen molar-refractivity contribution in [3.8, 4) is 17.6 Å². The first kappa shape index (κ1) is 20.6. The number of allylic oxidation sites excluding steroid dienone is 1. The summed E-state index contributed by atoms with van der Waals surface area (Å²) in [5.41, 5.74) is 2.09. The van der Waals surface area contributed by atoms with Crippen LogP contribution in [0.5, 0.6) is 11.5 Å². The van der Waals surface area contributed by atoms with E-state index in [1.807, 2.05) is 6.07 Å². The summed E-state index contributed by atoms with van der Waals surface area (Å²) >= 11 is 0. The lowest BCUT2D eigenvalue weighted by Gasteiger charge is -2.12. The van der Waals surface area contributed by atoms with Gasteiger partial charge in [-0.1, -0.05) is 36.4 Å². The zero-order chi connectivity index (χ0) is 21.5. The first-order valence-electron chi connectivity index (χ1n) is 9.01. The zero-order valence-electron chi connectivity index (χ0n) is 16.1. The predicted molar refractivity (Wildman–Crippen MR) is 111 cm³/mol. The molecule has 3 aromatic rings. The van der Waals surface area contributed by atoms with Gasteiger partial charge in [-0.3, -0.25) is 0 Å². The third-order valence-corrected chi connectivity index (χ3v) is 4.38. The van der Waals surface area contributed by atoms with Gasteiger partial charge in [-0.2, -0.15) is 5.26 Å². The topological polar surface area (TPSA) is 79.5 Å². The molecule has 1 N–H and O–H groups in total. The molecule has 0 aliphatic carbocycles. The van der Waals surface area contributed by atoms with E-state index in [2.05, 4.69) is 0 Å². The Bertz CT molecular complexity index is 1130. The van der Waals surface area contributed by atoms with Crippen LogP contribution in [0, 0.1) is 17.1 Å². The third kappa shape index (κ3) is 4.83. The van der Waals surface area contributed by atoms with Crippen molar-refractivity contribution in [3.05, 3.63) is 94.8 Å². The Kier molecular flexibility index (Phi) is 6.46. The van der Waals surface area contributed by atoms with E-state index in [1.165, 1.54) is 25.3 Å². The molecule has 0 saturated carbocycles. The Morgan fingerprint density at radius 3 is 2.47 bits per heavy atom. The first-order valence-corrected chi connectivity index (χ1v) is 9.01. The minimum atomic E-state index is -0.986. The molecule has 0 amide bonds. The molecule has 0 heterocycles. The molecule has 0 aliphatic heterocycles. The van der Waals surface area contributed by atoms with Crippen molar-refractivity contribution < 1.29 is 23.8 Å². The minimum absolute atomic E-state index is 0.197. The van der Waals surface area contributed by atoms with Gasteiger partial charge in [0.15, 0.2) is 11.5 Å². The van der Waals surface area contributed by atoms with Crippen molar-refractivity contribution in [2.75, 3.05) is 7.11 Å². The zero-order valence-corrected chi connectivity index (χ0v) is 16.1. The lowest BCUT2D eigenvalue weighted by atomic mass is 10.0. The highest BCUT2D eigenvalue weighted by Crippen LogP contribution is 2.31. The van der Waals surface area contributed by atoms with Crippen molar-refractivity contribution >= 4 is 17.6 Å². The lowest BCUT2D eigenvalue weighted by molar-refractivity contribution is 0.0697. The van der Waals surface area contributed by atoms with Gasteiger partial charge in [-0.25, -0.2) is 9.18 Å². The molecule has 0 saturated heterocycles. The standard InChI is InChI=1S/C24H18FNO4/c1-29-23-13-17(12-19(14-26)20-4-2-3-5-21(20)25)8-11-22(23)30-15-16-6-9-18(10-7-16)24(27)28/h2-13H,15H2,1H3,(H,27,28)/b19-12-. The van der Waals surface area contributed by atoms with Crippen LogP contribution < -0.4 is 9.47 Å². The number of carboxylic acid groups (broad SMARTS) is 1. The van der Waals surface area contributed by atoms with Crippen molar-refractivity contribution in [3.63, 3.8) is 0 Å². The van der Waals surface area contributed by atoms with Gasteiger partial charge in [0, 0.05) is 5.56 Å². The molecule has 0 bridgehead atoms. The molecule has 3 rings (SSSR count). The molecule has 30 heavy (non-hydrogen) atoms. The molecular formula is C24H18FNO4. The summed E-state index contributed by atoms with van der Waals surface area (Å²) in [5.74, 6) is -0.510. The molecule has 0 aromatic heterocycles. The van der Waals surface area contributed by atoms with Gasteiger partial charge in [0.25, 0.3) is 0 Å². The van der Waals surface area contributed by atoms with Crippen molar-refractivity contribution in [1.29, 1.82) is 5.26 Å². The molecule has 0 unspecified atom stereocenters. The first-order chi connectivity index (χ1) is 14.5. The number of benzene rings is 3. The number of ether oxygens (including phenoxy) is 2. The smallest absolute Gasteiger partial charge is 0.335 e. The maximum Gasteiger partial charge on any atom is 0.335 e. The molecule has 3 aromatic carbocycles. The highest BCUT2D eigenvalue weighted by atomic mass is 19.1. The summed E-state index contributed by atoms with van der Waals surface area (Å²) in [4.78, 5) is 10.9. The van der Waals surface area contributed by atoms with Gasteiger partial charge in [-0.15, -0.1) is 0 Å². The molecular weight excluding hydrogens is 385 g/mol. The second-order valence-electron chi connectivity index (χ2n) is 6.35. The van der Waals surface area contributed by atoms with Crippen molar-refractivity contribution in [1.82, 2.24) is 0 Å². The fraction of sp³-hybridized carbons (Fsp3) is 0.0833. The Morgan fingerprint density at radius 2 is 1.83 bits per heavy atom. The van der Waals surface area contributed by atoms with Crippen LogP contribution in [0.15, 0.2) is 66.7 Å². The van der Waals surface area contributed by atoms with E-state index in [-0.39, 0.29) is 23.3 Å². The molecule has 0 spiro atoms. The number of nitrogens with zero attached hydrogens (tertiary/aromatic N) is 1. The summed E-state index contributed by atoms with van der Waals surface area (Å²) in [5, 5.41) is 18.4. The number of hydrogen-bond acceptors (Lipinski definition) is 4. The Balaban J connectivity index is 1.80. The van der Waals surface area contributed by atoms with Crippen LogP contribution in [0.25, 0.3) is 11.6 Å². The lowest BCUT2D eigenvalue weighted by Crippen LogP contribution is -2.00. The normalized spacial score (nSPS) is 10.9. The molecule has 0 atom stereocenters. The second-order valence-corrected chi connectivity index (χ2v) is 6.35. The van der Waals surface area contributed by atoms with E-state index >= 15 is 0 Å². The number of methoxy groups -OCH3 is 1. The summed E-state index contributed by atoms with van der Waals surface area (Å²) in [6, 6.07) is 19.6. The highest BCUT2D eigenvalue weighted by molar-refractivity contribution is 5.90. The van der Waals surface area contributed by atoms with Crippen molar-refractivity contribution in [2.45, 2.75) is 6.61 Å². The Labute approximate surface area is 173 Å². The summed E-state index contributed by atoms with van der Waals surface area (Å²) in [7, 11) is 1.50. The number of aromatic carboxylic acids is 1. The van der Waals surface area contributed by atoms with Crippen LogP contribution in [0.2, 0.25) is 0 Å². The molecule has 0 radical (unpaired) electrons. The number of halogens is 1.